The summed E-state index contributed by atoms with van der Waals surface area (Å²) >= 11 is 0. The lowest BCUT2D eigenvalue weighted by molar-refractivity contribution is -0.120. The average molecular weight is 444 g/mol. The molecule has 1 saturated heterocycles. The Bertz CT molecular complexity index is 1240. The van der Waals surface area contributed by atoms with Crippen LogP contribution in [0.4, 0.5) is 11.5 Å². The van der Waals surface area contributed by atoms with E-state index in [2.05, 4.69) is 40.3 Å². The van der Waals surface area contributed by atoms with Gasteiger partial charge in [-0.3, -0.25) is 4.79 Å². The van der Waals surface area contributed by atoms with Crippen LogP contribution in [0.3, 0.4) is 0 Å². The summed E-state index contributed by atoms with van der Waals surface area (Å²) in [5.41, 5.74) is 3.45. The fraction of sp³-hybridized carbons (Fsp3) is 0.304. The second-order valence-electron chi connectivity index (χ2n) is 8.09. The van der Waals surface area contributed by atoms with Gasteiger partial charge in [0.1, 0.15) is 17.2 Å². The number of amides is 1. The van der Waals surface area contributed by atoms with Crippen molar-refractivity contribution in [1.29, 1.82) is 0 Å². The molecule has 0 radical (unpaired) electrons. The zero-order valence-electron chi connectivity index (χ0n) is 18.4. The Balaban J connectivity index is 1.23. The number of piperidine rings is 1. The van der Waals surface area contributed by atoms with E-state index < -0.39 is 0 Å². The molecular weight excluding hydrogens is 420 g/mol. The minimum absolute atomic E-state index is 0.0376. The second kappa shape index (κ2) is 8.81. The van der Waals surface area contributed by atoms with E-state index in [-0.39, 0.29) is 11.8 Å². The van der Waals surface area contributed by atoms with Crippen molar-refractivity contribution < 1.29 is 9.32 Å². The molecule has 5 rings (SSSR count). The lowest BCUT2D eigenvalue weighted by Gasteiger charge is -2.32. The van der Waals surface area contributed by atoms with Crippen molar-refractivity contribution in [1.82, 2.24) is 30.1 Å². The fourth-order valence-electron chi connectivity index (χ4n) is 4.00. The summed E-state index contributed by atoms with van der Waals surface area (Å²) in [5, 5.41) is 6.92. The summed E-state index contributed by atoms with van der Waals surface area (Å²) in [4.78, 5) is 35.4. The molecule has 0 saturated carbocycles. The summed E-state index contributed by atoms with van der Waals surface area (Å²) < 4.78 is 5.34. The zero-order chi connectivity index (χ0) is 22.8. The van der Waals surface area contributed by atoms with E-state index in [9.17, 15) is 4.79 Å². The van der Waals surface area contributed by atoms with Crippen LogP contribution in [0.25, 0.3) is 22.7 Å². The lowest BCUT2D eigenvalue weighted by atomic mass is 9.95. The van der Waals surface area contributed by atoms with E-state index >= 15 is 0 Å². The van der Waals surface area contributed by atoms with Gasteiger partial charge in [-0.05, 0) is 44.4 Å². The van der Waals surface area contributed by atoms with Crippen LogP contribution in [0, 0.1) is 19.8 Å². The maximum absolute atomic E-state index is 12.9. The van der Waals surface area contributed by atoms with Crippen LogP contribution in [-0.4, -0.2) is 49.1 Å². The number of rotatable bonds is 5. The minimum atomic E-state index is -0.0643. The molecule has 3 aromatic heterocycles. The van der Waals surface area contributed by atoms with Gasteiger partial charge in [-0.15, -0.1) is 0 Å². The largest absolute Gasteiger partial charge is 0.356 e. The number of aryl methyl sites for hydroxylation is 2. The number of H-pyrrole nitrogens is 1. The highest BCUT2D eigenvalue weighted by atomic mass is 16.5. The number of hydrogen-bond acceptors (Lipinski definition) is 8. The molecule has 1 aliphatic heterocycles. The normalized spacial score (nSPS) is 14.4. The molecule has 1 aliphatic rings. The number of aromatic amines is 1. The molecule has 4 aromatic rings. The standard InChI is InChI=1S/C23H24N8O2/c1-14-25-11-19(23-28-15(2)30-33-23)21(27-14)31-9-7-17(8-10-31)22(32)29-18-5-3-16(4-6-18)20-12-24-13-26-20/h3-6,11-13,17H,7-10H2,1-2H3,(H,24,26)(H,29,32). The predicted molar refractivity (Wildman–Crippen MR) is 122 cm³/mol. The number of imidazole rings is 1. The first-order valence-corrected chi connectivity index (χ1v) is 10.9. The van der Waals surface area contributed by atoms with Gasteiger partial charge in [0.2, 0.25) is 5.91 Å². The molecule has 168 valence electrons. The number of aromatic nitrogens is 6. The van der Waals surface area contributed by atoms with Gasteiger partial charge >= 0.3 is 0 Å². The highest BCUT2D eigenvalue weighted by Crippen LogP contribution is 2.31. The number of benzene rings is 1. The molecule has 1 fully saturated rings. The van der Waals surface area contributed by atoms with Crippen molar-refractivity contribution in [2.24, 2.45) is 5.92 Å². The Morgan fingerprint density at radius 2 is 1.88 bits per heavy atom. The van der Waals surface area contributed by atoms with E-state index in [0.717, 1.165) is 35.6 Å². The van der Waals surface area contributed by atoms with Crippen LogP contribution >= 0.6 is 0 Å². The molecule has 10 heteroatoms. The first kappa shape index (κ1) is 20.8. The fourth-order valence-corrected chi connectivity index (χ4v) is 4.00. The smallest absolute Gasteiger partial charge is 0.263 e. The van der Waals surface area contributed by atoms with Crippen molar-refractivity contribution in [3.63, 3.8) is 0 Å². The van der Waals surface area contributed by atoms with E-state index in [0.29, 0.717) is 36.2 Å². The molecule has 33 heavy (non-hydrogen) atoms. The second-order valence-corrected chi connectivity index (χ2v) is 8.09. The van der Waals surface area contributed by atoms with Gasteiger partial charge in [-0.1, -0.05) is 17.3 Å². The Morgan fingerprint density at radius 1 is 1.09 bits per heavy atom. The number of hydrogen-bond donors (Lipinski definition) is 2. The number of nitrogens with one attached hydrogen (secondary N) is 2. The molecule has 10 nitrogen and oxygen atoms in total. The van der Waals surface area contributed by atoms with E-state index in [1.807, 2.05) is 31.2 Å². The predicted octanol–water partition coefficient (Wildman–Crippen LogP) is 3.39. The summed E-state index contributed by atoms with van der Waals surface area (Å²) in [7, 11) is 0. The number of carbonyl (C=O) groups is 1. The molecule has 1 aromatic carbocycles. The van der Waals surface area contributed by atoms with Crippen LogP contribution in [-0.2, 0) is 4.79 Å². The average Bonchev–Trinajstić information content (AvgIpc) is 3.52. The quantitative estimate of drug-likeness (QED) is 0.480. The van der Waals surface area contributed by atoms with Gasteiger partial charge in [0.15, 0.2) is 5.82 Å². The third-order valence-corrected chi connectivity index (χ3v) is 5.77. The third kappa shape index (κ3) is 4.45. The highest BCUT2D eigenvalue weighted by Gasteiger charge is 2.28. The summed E-state index contributed by atoms with van der Waals surface area (Å²) in [5.74, 6) is 2.37. The van der Waals surface area contributed by atoms with Crippen LogP contribution in [0.1, 0.15) is 24.5 Å². The minimum Gasteiger partial charge on any atom is -0.356 e. The van der Waals surface area contributed by atoms with Crippen LogP contribution < -0.4 is 10.2 Å². The Labute approximate surface area is 190 Å². The van der Waals surface area contributed by atoms with E-state index in [1.165, 1.54) is 0 Å². The number of anilines is 2. The molecular formula is C23H24N8O2. The van der Waals surface area contributed by atoms with Gasteiger partial charge in [0, 0.05) is 30.9 Å². The molecule has 0 spiro atoms. The lowest BCUT2D eigenvalue weighted by Crippen LogP contribution is -2.39. The summed E-state index contributed by atoms with van der Waals surface area (Å²) in [6.45, 7) is 5.03. The summed E-state index contributed by atoms with van der Waals surface area (Å²) in [6.07, 6.45) is 6.58. The summed E-state index contributed by atoms with van der Waals surface area (Å²) in [6, 6.07) is 7.74. The molecule has 4 heterocycles. The maximum Gasteiger partial charge on any atom is 0.263 e. The Morgan fingerprint density at radius 3 is 2.55 bits per heavy atom. The zero-order valence-corrected chi connectivity index (χ0v) is 18.4. The SMILES string of the molecule is Cc1noc(-c2cnc(C)nc2N2CCC(C(=O)Nc3ccc(-c4cnc[nH]4)cc3)CC2)n1. The first-order chi connectivity index (χ1) is 16.1. The molecule has 1 amide bonds. The van der Waals surface area contributed by atoms with Crippen molar-refractivity contribution in [2.75, 3.05) is 23.3 Å². The van der Waals surface area contributed by atoms with Crippen LogP contribution in [0.5, 0.6) is 0 Å². The van der Waals surface area contributed by atoms with Gasteiger partial charge in [-0.2, -0.15) is 4.98 Å². The van der Waals surface area contributed by atoms with Crippen molar-refractivity contribution in [3.05, 3.63) is 54.6 Å². The Kier molecular flexibility index (Phi) is 5.55. The molecule has 0 unspecified atom stereocenters. The molecule has 0 bridgehead atoms. The Hall–Kier alpha value is -4.08. The van der Waals surface area contributed by atoms with Gasteiger partial charge < -0.3 is 19.7 Å². The monoisotopic (exact) mass is 444 g/mol. The highest BCUT2D eigenvalue weighted by molar-refractivity contribution is 5.93. The van der Waals surface area contributed by atoms with Gasteiger partial charge in [0.05, 0.1) is 18.2 Å². The van der Waals surface area contributed by atoms with Crippen LogP contribution in [0.15, 0.2) is 47.5 Å². The van der Waals surface area contributed by atoms with Crippen molar-refractivity contribution >= 4 is 17.4 Å². The van der Waals surface area contributed by atoms with E-state index in [1.54, 1.807) is 25.6 Å². The topological polar surface area (TPSA) is 126 Å². The molecule has 0 atom stereocenters. The third-order valence-electron chi connectivity index (χ3n) is 5.77. The molecule has 0 aliphatic carbocycles. The van der Waals surface area contributed by atoms with Gasteiger partial charge in [0.25, 0.3) is 5.89 Å². The molecule has 2 N–H and O–H groups in total. The van der Waals surface area contributed by atoms with Crippen LogP contribution in [0.2, 0.25) is 0 Å². The number of carbonyl (C=O) groups excluding carboxylic acids is 1. The van der Waals surface area contributed by atoms with Crippen molar-refractivity contribution in [2.45, 2.75) is 26.7 Å². The maximum atomic E-state index is 12.9. The van der Waals surface area contributed by atoms with Gasteiger partial charge in [-0.25, -0.2) is 15.0 Å². The van der Waals surface area contributed by atoms with Crippen molar-refractivity contribution in [3.8, 4) is 22.7 Å². The van der Waals surface area contributed by atoms with E-state index in [4.69, 9.17) is 4.52 Å². The first-order valence-electron chi connectivity index (χ1n) is 10.9. The number of nitrogens with zero attached hydrogens (tertiary/aromatic N) is 6.